The number of nitrogens with zero attached hydrogens (tertiary/aromatic N) is 1. The molecule has 2 unspecified atom stereocenters. The van der Waals surface area contributed by atoms with E-state index in [0.29, 0.717) is 35.7 Å². The van der Waals surface area contributed by atoms with Crippen LogP contribution in [0.1, 0.15) is 55.8 Å². The summed E-state index contributed by atoms with van der Waals surface area (Å²) in [4.78, 5) is 41.6. The maximum atomic E-state index is 13.7. The summed E-state index contributed by atoms with van der Waals surface area (Å²) >= 11 is 0. The number of anilines is 1. The van der Waals surface area contributed by atoms with Gasteiger partial charge in [-0.25, -0.2) is 0 Å². The molecule has 1 aliphatic carbocycles. The van der Waals surface area contributed by atoms with Crippen molar-refractivity contribution in [2.24, 2.45) is 0 Å². The number of hydrogen-bond acceptors (Lipinski definition) is 8. The lowest BCUT2D eigenvalue weighted by atomic mass is 9.95. The van der Waals surface area contributed by atoms with Crippen LogP contribution >= 0.6 is 0 Å². The number of hydrogen-bond donors (Lipinski definition) is 3. The second kappa shape index (κ2) is 14.7. The Kier molecular flexibility index (Phi) is 10.5. The van der Waals surface area contributed by atoms with Crippen LogP contribution in [-0.4, -0.2) is 63.2 Å². The first-order chi connectivity index (χ1) is 22.2. The maximum Gasteiger partial charge on any atom is 0.242 e. The summed E-state index contributed by atoms with van der Waals surface area (Å²) in [5.41, 5.74) is 4.40. The van der Waals surface area contributed by atoms with Crippen LogP contribution in [0.3, 0.4) is 0 Å². The van der Waals surface area contributed by atoms with Gasteiger partial charge in [-0.05, 0) is 73.1 Å². The van der Waals surface area contributed by atoms with Gasteiger partial charge in [0.15, 0.2) is 11.5 Å². The van der Waals surface area contributed by atoms with Crippen LogP contribution in [0.2, 0.25) is 0 Å². The minimum Gasteiger partial charge on any atom is -0.493 e. The third-order valence-electron chi connectivity index (χ3n) is 8.86. The molecule has 1 heterocycles. The first-order valence-corrected chi connectivity index (χ1v) is 15.8. The fraction of sp³-hybridized carbons (Fsp3) is 0.417. The molecule has 244 valence electrons. The number of ether oxygens (including phenoxy) is 3. The van der Waals surface area contributed by atoms with Gasteiger partial charge in [-0.15, -0.1) is 0 Å². The van der Waals surface area contributed by atoms with Crippen molar-refractivity contribution in [3.8, 4) is 28.4 Å². The van der Waals surface area contributed by atoms with E-state index >= 15 is 0 Å². The summed E-state index contributed by atoms with van der Waals surface area (Å²) in [6, 6.07) is 16.4. The molecule has 3 aromatic rings. The summed E-state index contributed by atoms with van der Waals surface area (Å²) in [7, 11) is 4.69. The second-order valence-corrected chi connectivity index (χ2v) is 12.0. The Balaban J connectivity index is 1.37. The number of carbonyl (C=O) groups excluding carboxylic acids is 2. The van der Waals surface area contributed by atoms with Crippen molar-refractivity contribution in [3.63, 3.8) is 0 Å². The number of nitrogens with one attached hydrogen (secondary N) is 3. The molecule has 1 aliphatic heterocycles. The molecule has 2 aliphatic rings. The molecule has 3 aromatic carbocycles. The Hall–Kier alpha value is -4.57. The molecule has 0 radical (unpaired) electrons. The van der Waals surface area contributed by atoms with E-state index in [9.17, 15) is 14.4 Å². The molecule has 1 fully saturated rings. The number of carbonyl (C=O) groups is 2. The van der Waals surface area contributed by atoms with E-state index in [1.54, 1.807) is 40.4 Å². The topological polar surface area (TPSA) is 118 Å². The molecular weight excluding hydrogens is 584 g/mol. The molecule has 5 rings (SSSR count). The largest absolute Gasteiger partial charge is 0.493 e. The summed E-state index contributed by atoms with van der Waals surface area (Å²) < 4.78 is 17.1. The van der Waals surface area contributed by atoms with Gasteiger partial charge in [-0.3, -0.25) is 19.3 Å². The summed E-state index contributed by atoms with van der Waals surface area (Å²) in [6.07, 6.45) is 2.90. The quantitative estimate of drug-likeness (QED) is 0.302. The highest BCUT2D eigenvalue weighted by molar-refractivity contribution is 5.86. The van der Waals surface area contributed by atoms with Crippen molar-refractivity contribution in [2.75, 3.05) is 39.7 Å². The van der Waals surface area contributed by atoms with Gasteiger partial charge in [0, 0.05) is 38.2 Å². The lowest BCUT2D eigenvalue weighted by Gasteiger charge is -2.33. The zero-order chi connectivity index (χ0) is 32.8. The molecular formula is C36H44N4O6. The van der Waals surface area contributed by atoms with Gasteiger partial charge >= 0.3 is 0 Å². The molecule has 10 heteroatoms. The van der Waals surface area contributed by atoms with Crippen molar-refractivity contribution in [1.82, 2.24) is 15.5 Å². The molecule has 0 bridgehead atoms. The van der Waals surface area contributed by atoms with Crippen molar-refractivity contribution in [3.05, 3.63) is 81.5 Å². The first-order valence-electron chi connectivity index (χ1n) is 15.8. The van der Waals surface area contributed by atoms with Crippen LogP contribution < -0.4 is 35.6 Å². The van der Waals surface area contributed by atoms with Crippen molar-refractivity contribution in [2.45, 2.75) is 64.2 Å². The van der Waals surface area contributed by atoms with Crippen LogP contribution in [-0.2, 0) is 22.6 Å². The third-order valence-corrected chi connectivity index (χ3v) is 8.86. The zero-order valence-electron chi connectivity index (χ0n) is 27.3. The van der Waals surface area contributed by atoms with Crippen LogP contribution in [0.4, 0.5) is 5.69 Å². The third kappa shape index (κ3) is 7.28. The minimum absolute atomic E-state index is 0.0767. The number of likely N-dealkylation sites (tertiary alicyclic amines) is 1. The monoisotopic (exact) mass is 628 g/mol. The van der Waals surface area contributed by atoms with E-state index in [1.165, 1.54) is 12.5 Å². The number of fused-ring (bicyclic) bond motifs is 3. The Morgan fingerprint density at radius 3 is 2.28 bits per heavy atom. The molecule has 0 saturated carbocycles. The highest BCUT2D eigenvalue weighted by Crippen LogP contribution is 2.50. The SMILES string of the molecule is COc1cc2c(c(OC)c1OC)-c1ccc(NC(C)C(=O)NC3CCN(Cc4ccccc4)CC3)c(=O)cc1C(NC(C)=O)CC2. The van der Waals surface area contributed by atoms with E-state index in [2.05, 4.69) is 45.1 Å². The number of piperidine rings is 1. The Labute approximate surface area is 270 Å². The van der Waals surface area contributed by atoms with Crippen LogP contribution in [0.25, 0.3) is 11.1 Å². The Morgan fingerprint density at radius 2 is 1.63 bits per heavy atom. The smallest absolute Gasteiger partial charge is 0.242 e. The summed E-state index contributed by atoms with van der Waals surface area (Å²) in [5, 5.41) is 9.34. The molecule has 2 amide bonds. The van der Waals surface area contributed by atoms with Gasteiger partial charge in [-0.1, -0.05) is 36.4 Å². The molecule has 3 N–H and O–H groups in total. The van der Waals surface area contributed by atoms with Crippen molar-refractivity contribution < 1.29 is 23.8 Å². The lowest BCUT2D eigenvalue weighted by molar-refractivity contribution is -0.122. The first kappa shape index (κ1) is 32.8. The second-order valence-electron chi connectivity index (χ2n) is 12.0. The van der Waals surface area contributed by atoms with Gasteiger partial charge in [0.1, 0.15) is 6.04 Å². The fourth-order valence-corrected chi connectivity index (χ4v) is 6.53. The van der Waals surface area contributed by atoms with E-state index in [1.807, 2.05) is 18.2 Å². The average molecular weight is 629 g/mol. The van der Waals surface area contributed by atoms with Gasteiger partial charge in [0.25, 0.3) is 0 Å². The van der Waals surface area contributed by atoms with E-state index in [4.69, 9.17) is 14.2 Å². The number of rotatable bonds is 10. The minimum atomic E-state index is -0.644. The van der Waals surface area contributed by atoms with Crippen LogP contribution in [0, 0.1) is 0 Å². The highest BCUT2D eigenvalue weighted by atomic mass is 16.5. The van der Waals surface area contributed by atoms with E-state index in [0.717, 1.165) is 49.2 Å². The average Bonchev–Trinajstić information content (AvgIpc) is 3.29. The van der Waals surface area contributed by atoms with Gasteiger partial charge in [0.2, 0.25) is 23.0 Å². The predicted molar refractivity (Wildman–Crippen MR) is 179 cm³/mol. The normalized spacial score (nSPS) is 17.0. The molecule has 0 spiro atoms. The van der Waals surface area contributed by atoms with Gasteiger partial charge in [-0.2, -0.15) is 0 Å². The fourth-order valence-electron chi connectivity index (χ4n) is 6.53. The van der Waals surface area contributed by atoms with Gasteiger partial charge < -0.3 is 30.2 Å². The summed E-state index contributed by atoms with van der Waals surface area (Å²) in [5.74, 6) is 1.10. The van der Waals surface area contributed by atoms with Crippen molar-refractivity contribution >= 4 is 17.5 Å². The molecule has 1 saturated heterocycles. The molecule has 0 aromatic heterocycles. The Morgan fingerprint density at radius 1 is 0.913 bits per heavy atom. The lowest BCUT2D eigenvalue weighted by Crippen LogP contribution is -2.48. The summed E-state index contributed by atoms with van der Waals surface area (Å²) in [6.45, 7) is 5.94. The number of aryl methyl sites for hydroxylation is 1. The van der Waals surface area contributed by atoms with Crippen LogP contribution in [0.15, 0.2) is 59.4 Å². The Bertz CT molecular complexity index is 1620. The molecule has 2 atom stereocenters. The van der Waals surface area contributed by atoms with E-state index in [-0.39, 0.29) is 29.0 Å². The molecule has 46 heavy (non-hydrogen) atoms. The number of amides is 2. The van der Waals surface area contributed by atoms with Gasteiger partial charge in [0.05, 0.1) is 33.1 Å². The van der Waals surface area contributed by atoms with E-state index < -0.39 is 12.1 Å². The number of methoxy groups -OCH3 is 3. The predicted octanol–water partition coefficient (Wildman–Crippen LogP) is 4.44. The maximum absolute atomic E-state index is 13.7. The van der Waals surface area contributed by atoms with Crippen LogP contribution in [0.5, 0.6) is 17.2 Å². The molecule has 10 nitrogen and oxygen atoms in total. The standard InChI is InChI=1S/C36H44N4O6/c1-22(36(43)39-26-15-17-40(18-16-26)21-24-9-7-6-8-10-24)37-30-14-12-27-28(20-31(30)42)29(38-23(2)41)13-11-25-19-32(44-3)34(45-4)35(46-5)33(25)27/h6-10,12,14,19-20,22,26,29H,11,13,15-18,21H2,1-5H3,(H,37,42)(H,38,41)(H,39,43). The highest BCUT2D eigenvalue weighted by Gasteiger charge is 2.30. The van der Waals surface area contributed by atoms with Crippen molar-refractivity contribution in [1.29, 1.82) is 0 Å². The zero-order valence-corrected chi connectivity index (χ0v) is 27.3. The number of benzene rings is 2.